The molecule has 1 aliphatic carbocycles. The van der Waals surface area contributed by atoms with Gasteiger partial charge in [0.05, 0.1) is 10.2 Å². The number of thiazole rings is 1. The highest BCUT2D eigenvalue weighted by Gasteiger charge is 2.25. The quantitative estimate of drug-likeness (QED) is 0.902. The Labute approximate surface area is 116 Å². The highest BCUT2D eigenvalue weighted by atomic mass is 32.1. The van der Waals surface area contributed by atoms with Crippen LogP contribution in [0.4, 0.5) is 5.13 Å². The number of carbonyl (C=O) groups excluding carboxylic acids is 1. The van der Waals surface area contributed by atoms with Crippen LogP contribution in [-0.4, -0.2) is 23.0 Å². The number of anilines is 1. The minimum absolute atomic E-state index is 0.0541. The number of nitrogens with one attached hydrogen (secondary N) is 2. The zero-order valence-corrected chi connectivity index (χ0v) is 11.9. The van der Waals surface area contributed by atoms with Crippen LogP contribution in [0.1, 0.15) is 25.3 Å². The maximum Gasteiger partial charge on any atom is 0.242 e. The van der Waals surface area contributed by atoms with Gasteiger partial charge in [0, 0.05) is 6.04 Å². The molecule has 1 saturated carbocycles. The van der Waals surface area contributed by atoms with E-state index in [1.807, 2.05) is 13.0 Å². The smallest absolute Gasteiger partial charge is 0.242 e. The van der Waals surface area contributed by atoms with Gasteiger partial charge in [-0.3, -0.25) is 4.79 Å². The van der Waals surface area contributed by atoms with Crippen molar-refractivity contribution in [2.24, 2.45) is 0 Å². The number of hydrogen-bond donors (Lipinski definition) is 2. The van der Waals surface area contributed by atoms with E-state index < -0.39 is 0 Å². The first-order valence-corrected chi connectivity index (χ1v) is 7.38. The van der Waals surface area contributed by atoms with E-state index in [0.29, 0.717) is 6.04 Å². The Balaban J connectivity index is 1.73. The van der Waals surface area contributed by atoms with Gasteiger partial charge in [0.25, 0.3) is 0 Å². The standard InChI is InChI=1S/C14H17N3OS/c1-8-4-3-5-11-12(8)17-14(19-11)15-9(2)13(18)16-10-6-7-10/h3-5,9-10H,6-7H2,1-2H3,(H,15,17)(H,16,18). The molecule has 100 valence electrons. The molecular weight excluding hydrogens is 258 g/mol. The van der Waals surface area contributed by atoms with Gasteiger partial charge in [0.15, 0.2) is 5.13 Å². The minimum atomic E-state index is -0.249. The number of para-hydroxylation sites is 1. The second kappa shape index (κ2) is 4.81. The summed E-state index contributed by atoms with van der Waals surface area (Å²) in [5, 5.41) is 6.99. The lowest BCUT2D eigenvalue weighted by molar-refractivity contribution is -0.121. The zero-order chi connectivity index (χ0) is 13.4. The first-order chi connectivity index (χ1) is 9.13. The highest BCUT2D eigenvalue weighted by molar-refractivity contribution is 7.22. The Hall–Kier alpha value is -1.62. The van der Waals surface area contributed by atoms with Gasteiger partial charge in [0.2, 0.25) is 5.91 Å². The van der Waals surface area contributed by atoms with E-state index in [1.54, 1.807) is 11.3 Å². The topological polar surface area (TPSA) is 54.0 Å². The average Bonchev–Trinajstić information content (AvgIpc) is 3.08. The summed E-state index contributed by atoms with van der Waals surface area (Å²) in [5.74, 6) is 0.0541. The lowest BCUT2D eigenvalue weighted by atomic mass is 10.2. The van der Waals surface area contributed by atoms with Crippen LogP contribution in [0.15, 0.2) is 18.2 Å². The van der Waals surface area contributed by atoms with Gasteiger partial charge in [-0.25, -0.2) is 4.98 Å². The Bertz CT molecular complexity index is 618. The number of fused-ring (bicyclic) bond motifs is 1. The third-order valence-electron chi connectivity index (χ3n) is 3.28. The zero-order valence-electron chi connectivity index (χ0n) is 11.1. The summed E-state index contributed by atoms with van der Waals surface area (Å²) in [6.07, 6.45) is 2.22. The van der Waals surface area contributed by atoms with Crippen molar-refractivity contribution in [3.05, 3.63) is 23.8 Å². The molecule has 0 saturated heterocycles. The molecule has 2 aromatic rings. The van der Waals surface area contributed by atoms with E-state index in [4.69, 9.17) is 0 Å². The van der Waals surface area contributed by atoms with Crippen LogP contribution in [0.25, 0.3) is 10.2 Å². The van der Waals surface area contributed by atoms with Gasteiger partial charge in [-0.2, -0.15) is 0 Å². The van der Waals surface area contributed by atoms with E-state index in [-0.39, 0.29) is 11.9 Å². The normalized spacial score (nSPS) is 16.3. The molecular formula is C14H17N3OS. The largest absolute Gasteiger partial charge is 0.352 e. The molecule has 1 amide bonds. The predicted molar refractivity (Wildman–Crippen MR) is 78.6 cm³/mol. The molecule has 0 bridgehead atoms. The third-order valence-corrected chi connectivity index (χ3v) is 4.23. The Morgan fingerprint density at radius 2 is 2.26 bits per heavy atom. The molecule has 1 unspecified atom stereocenters. The molecule has 0 spiro atoms. The Morgan fingerprint density at radius 3 is 2.95 bits per heavy atom. The summed E-state index contributed by atoms with van der Waals surface area (Å²) in [6, 6.07) is 6.29. The highest BCUT2D eigenvalue weighted by Crippen LogP contribution is 2.28. The van der Waals surface area contributed by atoms with Gasteiger partial charge < -0.3 is 10.6 Å². The molecule has 1 atom stereocenters. The monoisotopic (exact) mass is 275 g/mol. The Kier molecular flexibility index (Phi) is 3.14. The number of amides is 1. The molecule has 0 aliphatic heterocycles. The fourth-order valence-electron chi connectivity index (χ4n) is 1.95. The third kappa shape index (κ3) is 2.71. The second-order valence-corrected chi connectivity index (χ2v) is 6.12. The van der Waals surface area contributed by atoms with Crippen LogP contribution in [0.5, 0.6) is 0 Å². The predicted octanol–water partition coefficient (Wildman–Crippen LogP) is 2.68. The van der Waals surface area contributed by atoms with E-state index >= 15 is 0 Å². The molecule has 5 heteroatoms. The molecule has 1 aliphatic rings. The van der Waals surface area contributed by atoms with Crippen LogP contribution in [-0.2, 0) is 4.79 Å². The van der Waals surface area contributed by atoms with Crippen molar-refractivity contribution in [1.82, 2.24) is 10.3 Å². The summed E-state index contributed by atoms with van der Waals surface area (Å²) in [4.78, 5) is 16.4. The SMILES string of the molecule is Cc1cccc2sc(NC(C)C(=O)NC3CC3)nc12. The van der Waals surface area contributed by atoms with Crippen LogP contribution in [0.3, 0.4) is 0 Å². The van der Waals surface area contributed by atoms with Crippen molar-refractivity contribution in [1.29, 1.82) is 0 Å². The van der Waals surface area contributed by atoms with Crippen molar-refractivity contribution >= 4 is 32.6 Å². The Morgan fingerprint density at radius 1 is 1.47 bits per heavy atom. The van der Waals surface area contributed by atoms with Crippen LogP contribution < -0.4 is 10.6 Å². The molecule has 1 aromatic heterocycles. The number of nitrogens with zero attached hydrogens (tertiary/aromatic N) is 1. The molecule has 19 heavy (non-hydrogen) atoms. The summed E-state index contributed by atoms with van der Waals surface area (Å²) >= 11 is 1.59. The first kappa shape index (κ1) is 12.4. The van der Waals surface area contributed by atoms with E-state index in [9.17, 15) is 4.79 Å². The summed E-state index contributed by atoms with van der Waals surface area (Å²) < 4.78 is 1.15. The van der Waals surface area contributed by atoms with Crippen molar-refractivity contribution in [2.45, 2.75) is 38.8 Å². The van der Waals surface area contributed by atoms with E-state index in [2.05, 4.69) is 34.7 Å². The van der Waals surface area contributed by atoms with Crippen molar-refractivity contribution in [3.63, 3.8) is 0 Å². The second-order valence-electron chi connectivity index (χ2n) is 5.09. The van der Waals surface area contributed by atoms with Gasteiger partial charge in [-0.1, -0.05) is 23.5 Å². The summed E-state index contributed by atoms with van der Waals surface area (Å²) in [7, 11) is 0. The molecule has 0 radical (unpaired) electrons. The van der Waals surface area contributed by atoms with Crippen LogP contribution >= 0.6 is 11.3 Å². The van der Waals surface area contributed by atoms with Crippen molar-refractivity contribution in [3.8, 4) is 0 Å². The maximum absolute atomic E-state index is 11.9. The number of carbonyl (C=O) groups is 1. The van der Waals surface area contributed by atoms with Gasteiger partial charge in [0.1, 0.15) is 6.04 Å². The minimum Gasteiger partial charge on any atom is -0.352 e. The lowest BCUT2D eigenvalue weighted by Gasteiger charge is -2.12. The van der Waals surface area contributed by atoms with Crippen LogP contribution in [0.2, 0.25) is 0 Å². The van der Waals surface area contributed by atoms with Crippen molar-refractivity contribution in [2.75, 3.05) is 5.32 Å². The molecule has 1 heterocycles. The summed E-state index contributed by atoms with van der Waals surface area (Å²) in [5.41, 5.74) is 2.18. The fourth-order valence-corrected chi connectivity index (χ4v) is 2.98. The van der Waals surface area contributed by atoms with Gasteiger partial charge in [-0.05, 0) is 38.3 Å². The maximum atomic E-state index is 11.9. The molecule has 2 N–H and O–H groups in total. The van der Waals surface area contributed by atoms with Crippen molar-refractivity contribution < 1.29 is 4.79 Å². The molecule has 4 nitrogen and oxygen atoms in total. The fraction of sp³-hybridized carbons (Fsp3) is 0.429. The number of rotatable bonds is 4. The molecule has 1 aromatic carbocycles. The number of aromatic nitrogens is 1. The number of aryl methyl sites for hydroxylation is 1. The lowest BCUT2D eigenvalue weighted by Crippen LogP contribution is -2.38. The van der Waals surface area contributed by atoms with E-state index in [1.165, 1.54) is 0 Å². The first-order valence-electron chi connectivity index (χ1n) is 6.56. The number of hydrogen-bond acceptors (Lipinski definition) is 4. The van der Waals surface area contributed by atoms with Gasteiger partial charge >= 0.3 is 0 Å². The average molecular weight is 275 g/mol. The number of benzene rings is 1. The molecule has 1 fully saturated rings. The van der Waals surface area contributed by atoms with E-state index in [0.717, 1.165) is 33.8 Å². The van der Waals surface area contributed by atoms with Crippen LogP contribution in [0, 0.1) is 6.92 Å². The summed E-state index contributed by atoms with van der Waals surface area (Å²) in [6.45, 7) is 3.92. The molecule has 3 rings (SSSR count). The van der Waals surface area contributed by atoms with Gasteiger partial charge in [-0.15, -0.1) is 0 Å².